The van der Waals surface area contributed by atoms with Gasteiger partial charge in [-0.25, -0.2) is 0 Å². The van der Waals surface area contributed by atoms with Gasteiger partial charge >= 0.3 is 0 Å². The number of nitrogens with zero attached hydrogens (tertiary/aromatic N) is 2. The van der Waals surface area contributed by atoms with Crippen molar-refractivity contribution in [3.05, 3.63) is 58.7 Å². The maximum absolute atomic E-state index is 5.76. The van der Waals surface area contributed by atoms with Crippen molar-refractivity contribution in [1.82, 2.24) is 9.80 Å². The molecule has 3 atom stereocenters. The van der Waals surface area contributed by atoms with Gasteiger partial charge in [-0.05, 0) is 73.0 Å². The van der Waals surface area contributed by atoms with Crippen molar-refractivity contribution in [2.24, 2.45) is 11.8 Å². The van der Waals surface area contributed by atoms with E-state index < -0.39 is 0 Å². The first-order valence-corrected chi connectivity index (χ1v) is 10.9. The van der Waals surface area contributed by atoms with Crippen LogP contribution in [0, 0.1) is 11.8 Å². The molecular formula is C25H34Cl2N2O2. The third kappa shape index (κ3) is 4.54. The quantitative estimate of drug-likeness (QED) is 0.635. The van der Waals surface area contributed by atoms with Crippen molar-refractivity contribution in [3.63, 3.8) is 0 Å². The summed E-state index contributed by atoms with van der Waals surface area (Å²) >= 11 is 0. The molecule has 6 heteroatoms. The van der Waals surface area contributed by atoms with E-state index in [1.54, 1.807) is 7.11 Å². The molecule has 0 amide bonds. The molecule has 0 aromatic heterocycles. The molecule has 2 heterocycles. The van der Waals surface area contributed by atoms with Crippen LogP contribution < -0.4 is 9.47 Å². The van der Waals surface area contributed by atoms with Crippen LogP contribution in [-0.2, 0) is 19.4 Å². The van der Waals surface area contributed by atoms with Crippen molar-refractivity contribution >= 4 is 24.8 Å². The minimum absolute atomic E-state index is 0. The molecule has 0 bridgehead atoms. The van der Waals surface area contributed by atoms with E-state index in [2.05, 4.69) is 53.2 Å². The zero-order valence-corrected chi connectivity index (χ0v) is 20.3. The number of rotatable bonds is 5. The second-order valence-corrected chi connectivity index (χ2v) is 9.06. The molecule has 2 aromatic rings. The molecule has 0 saturated carbocycles. The van der Waals surface area contributed by atoms with Gasteiger partial charge in [0.25, 0.3) is 0 Å². The molecular weight excluding hydrogens is 431 g/mol. The number of benzene rings is 2. The number of hydrogen-bond donors (Lipinski definition) is 0. The molecule has 4 nitrogen and oxygen atoms in total. The average molecular weight is 465 g/mol. The van der Waals surface area contributed by atoms with Crippen LogP contribution in [0.5, 0.6) is 11.5 Å². The van der Waals surface area contributed by atoms with E-state index in [0.717, 1.165) is 30.5 Å². The van der Waals surface area contributed by atoms with Gasteiger partial charge in [0.15, 0.2) is 0 Å². The fraction of sp³-hybridized carbons (Fsp3) is 0.520. The van der Waals surface area contributed by atoms with Gasteiger partial charge < -0.3 is 9.47 Å². The Morgan fingerprint density at radius 3 is 2.29 bits per heavy atom. The Morgan fingerprint density at radius 1 is 0.903 bits per heavy atom. The summed E-state index contributed by atoms with van der Waals surface area (Å²) in [4.78, 5) is 5.20. The Bertz CT molecular complexity index is 890. The van der Waals surface area contributed by atoms with Crippen molar-refractivity contribution in [1.29, 1.82) is 0 Å². The molecule has 170 valence electrons. The Morgan fingerprint density at radius 2 is 1.61 bits per heavy atom. The highest BCUT2D eigenvalue weighted by atomic mass is 35.5. The molecule has 3 aliphatic rings. The maximum atomic E-state index is 5.76. The highest BCUT2D eigenvalue weighted by Gasteiger charge is 2.46. The van der Waals surface area contributed by atoms with E-state index >= 15 is 0 Å². The smallest absolute Gasteiger partial charge is 0.123 e. The summed E-state index contributed by atoms with van der Waals surface area (Å²) < 4.78 is 11.1. The van der Waals surface area contributed by atoms with E-state index in [1.807, 2.05) is 7.11 Å². The predicted octanol–water partition coefficient (Wildman–Crippen LogP) is 4.77. The fourth-order valence-electron chi connectivity index (χ4n) is 5.99. The lowest BCUT2D eigenvalue weighted by Crippen LogP contribution is -2.29. The normalized spacial score (nSPS) is 24.8. The SMILES string of the molecule is COc1ccc([C@H]2[C@@H]3CN(Cc4cc5c(cc4OC)CCC5)C[C@@H]3CN2C)cc1.Cl.Cl. The fourth-order valence-corrected chi connectivity index (χ4v) is 5.99. The summed E-state index contributed by atoms with van der Waals surface area (Å²) in [6.45, 7) is 4.52. The molecule has 2 aliphatic heterocycles. The van der Waals surface area contributed by atoms with E-state index in [-0.39, 0.29) is 24.8 Å². The van der Waals surface area contributed by atoms with Gasteiger partial charge in [-0.2, -0.15) is 0 Å². The molecule has 0 spiro atoms. The van der Waals surface area contributed by atoms with Crippen LogP contribution in [0.15, 0.2) is 36.4 Å². The summed E-state index contributed by atoms with van der Waals surface area (Å²) in [7, 11) is 5.82. The van der Waals surface area contributed by atoms with E-state index in [1.165, 1.54) is 54.6 Å². The lowest BCUT2D eigenvalue weighted by atomic mass is 9.89. The molecule has 31 heavy (non-hydrogen) atoms. The molecule has 0 N–H and O–H groups in total. The number of hydrogen-bond acceptors (Lipinski definition) is 4. The highest BCUT2D eigenvalue weighted by molar-refractivity contribution is 5.85. The minimum Gasteiger partial charge on any atom is -0.497 e. The van der Waals surface area contributed by atoms with Crippen LogP contribution in [0.4, 0.5) is 0 Å². The Hall–Kier alpha value is -1.46. The van der Waals surface area contributed by atoms with Crippen molar-refractivity contribution < 1.29 is 9.47 Å². The molecule has 0 unspecified atom stereocenters. The average Bonchev–Trinajstić information content (AvgIpc) is 3.41. The summed E-state index contributed by atoms with van der Waals surface area (Å²) in [5.41, 5.74) is 5.81. The van der Waals surface area contributed by atoms with Crippen LogP contribution in [0.2, 0.25) is 0 Å². The van der Waals surface area contributed by atoms with Gasteiger partial charge in [0.05, 0.1) is 14.2 Å². The third-order valence-corrected chi connectivity index (χ3v) is 7.32. The molecule has 1 aliphatic carbocycles. The number of ether oxygens (including phenoxy) is 2. The summed E-state index contributed by atoms with van der Waals surface area (Å²) in [5.74, 6) is 3.44. The van der Waals surface area contributed by atoms with Gasteiger partial charge in [0, 0.05) is 37.8 Å². The molecule has 2 fully saturated rings. The summed E-state index contributed by atoms with van der Waals surface area (Å²) in [6, 6.07) is 13.9. The lowest BCUT2D eigenvalue weighted by molar-refractivity contribution is 0.223. The van der Waals surface area contributed by atoms with Crippen molar-refractivity contribution in [2.45, 2.75) is 31.8 Å². The van der Waals surface area contributed by atoms with Crippen molar-refractivity contribution in [3.8, 4) is 11.5 Å². The number of fused-ring (bicyclic) bond motifs is 2. The van der Waals surface area contributed by atoms with Gasteiger partial charge in [-0.1, -0.05) is 18.2 Å². The Labute approximate surface area is 198 Å². The number of aryl methyl sites for hydroxylation is 2. The van der Waals surface area contributed by atoms with Crippen molar-refractivity contribution in [2.75, 3.05) is 40.9 Å². The Balaban J connectivity index is 0.00000136. The zero-order chi connectivity index (χ0) is 20.0. The molecule has 2 saturated heterocycles. The second kappa shape index (κ2) is 9.99. The van der Waals surface area contributed by atoms with E-state index in [4.69, 9.17) is 9.47 Å². The molecule has 0 radical (unpaired) electrons. The monoisotopic (exact) mass is 464 g/mol. The summed E-state index contributed by atoms with van der Waals surface area (Å²) in [5, 5.41) is 0. The third-order valence-electron chi connectivity index (χ3n) is 7.32. The standard InChI is InChI=1S/C25H32N2O2.2ClH/c1-26-13-21-15-27(14-20-11-18-5-4-6-19(18)12-24(20)29-3)16-23(21)25(26)17-7-9-22(28-2)10-8-17;;/h7-12,21,23,25H,4-6,13-16H2,1-3H3;2*1H/t21-,23+,25-;;/m0../s1. The first kappa shape index (κ1) is 24.2. The minimum atomic E-state index is 0. The first-order chi connectivity index (χ1) is 14.2. The van der Waals surface area contributed by atoms with Crippen LogP contribution in [0.3, 0.4) is 0 Å². The zero-order valence-electron chi connectivity index (χ0n) is 18.7. The van der Waals surface area contributed by atoms with Gasteiger partial charge in [-0.3, -0.25) is 9.80 Å². The van der Waals surface area contributed by atoms with Crippen LogP contribution >= 0.6 is 24.8 Å². The molecule has 2 aromatic carbocycles. The predicted molar refractivity (Wildman–Crippen MR) is 130 cm³/mol. The van der Waals surface area contributed by atoms with Crippen LogP contribution in [0.1, 0.15) is 34.7 Å². The van der Waals surface area contributed by atoms with Crippen LogP contribution in [-0.4, -0.2) is 50.7 Å². The van der Waals surface area contributed by atoms with Gasteiger partial charge in [0.2, 0.25) is 0 Å². The van der Waals surface area contributed by atoms with Gasteiger partial charge in [-0.15, -0.1) is 24.8 Å². The van der Waals surface area contributed by atoms with E-state index in [0.29, 0.717) is 12.0 Å². The maximum Gasteiger partial charge on any atom is 0.123 e. The molecule has 5 rings (SSSR count). The lowest BCUT2D eigenvalue weighted by Gasteiger charge is -2.27. The summed E-state index contributed by atoms with van der Waals surface area (Å²) in [6.07, 6.45) is 3.71. The largest absolute Gasteiger partial charge is 0.497 e. The highest BCUT2D eigenvalue weighted by Crippen LogP contribution is 2.45. The topological polar surface area (TPSA) is 24.9 Å². The first-order valence-electron chi connectivity index (χ1n) is 10.9. The number of methoxy groups -OCH3 is 2. The Kier molecular flexibility index (Phi) is 7.80. The number of halogens is 2. The van der Waals surface area contributed by atoms with Gasteiger partial charge in [0.1, 0.15) is 11.5 Å². The van der Waals surface area contributed by atoms with E-state index in [9.17, 15) is 0 Å². The number of likely N-dealkylation sites (tertiary alicyclic amines) is 2. The van der Waals surface area contributed by atoms with Crippen LogP contribution in [0.25, 0.3) is 0 Å². The second-order valence-electron chi connectivity index (χ2n) is 9.06.